The quantitative estimate of drug-likeness (QED) is 0.765. The summed E-state index contributed by atoms with van der Waals surface area (Å²) in [7, 11) is 0. The molecule has 2 rings (SSSR count). The average molecular weight is 200 g/mol. The first-order chi connectivity index (χ1) is 7.18. The van der Waals surface area contributed by atoms with Crippen LogP contribution >= 0.6 is 0 Å². The van der Waals surface area contributed by atoms with Crippen LogP contribution in [0.5, 0.6) is 0 Å². The molecular formula is C12H12N2O. The summed E-state index contributed by atoms with van der Waals surface area (Å²) in [5, 5.41) is 0. The largest absolute Gasteiger partial charge is 0.362 e. The van der Waals surface area contributed by atoms with Gasteiger partial charge >= 0.3 is 0 Å². The summed E-state index contributed by atoms with van der Waals surface area (Å²) < 4.78 is 0. The lowest BCUT2D eigenvalue weighted by molar-refractivity contribution is 1.11. The maximum absolute atomic E-state index is 11.8. The highest BCUT2D eigenvalue weighted by Crippen LogP contribution is 2.16. The molecule has 0 aromatic carbocycles. The number of aryl methyl sites for hydroxylation is 2. The number of rotatable bonds is 1. The Balaban J connectivity index is 2.69. The van der Waals surface area contributed by atoms with Crippen LogP contribution in [-0.2, 0) is 0 Å². The van der Waals surface area contributed by atoms with E-state index in [2.05, 4.69) is 9.97 Å². The second-order valence-electron chi connectivity index (χ2n) is 3.55. The van der Waals surface area contributed by atoms with Crippen molar-refractivity contribution in [3.8, 4) is 11.1 Å². The van der Waals surface area contributed by atoms with Crippen LogP contribution in [0, 0.1) is 13.8 Å². The van der Waals surface area contributed by atoms with E-state index in [9.17, 15) is 4.79 Å². The van der Waals surface area contributed by atoms with Gasteiger partial charge in [-0.3, -0.25) is 9.78 Å². The molecule has 0 aliphatic heterocycles. The van der Waals surface area contributed by atoms with Gasteiger partial charge in [0.05, 0.1) is 0 Å². The lowest BCUT2D eigenvalue weighted by atomic mass is 10.1. The monoisotopic (exact) mass is 200 g/mol. The first-order valence-corrected chi connectivity index (χ1v) is 4.79. The Kier molecular flexibility index (Phi) is 2.37. The Morgan fingerprint density at radius 3 is 2.47 bits per heavy atom. The van der Waals surface area contributed by atoms with Crippen LogP contribution < -0.4 is 5.43 Å². The van der Waals surface area contributed by atoms with E-state index in [1.807, 2.05) is 26.0 Å². The van der Waals surface area contributed by atoms with Crippen molar-refractivity contribution in [1.29, 1.82) is 0 Å². The number of pyridine rings is 2. The highest BCUT2D eigenvalue weighted by molar-refractivity contribution is 5.64. The van der Waals surface area contributed by atoms with Crippen molar-refractivity contribution in [2.45, 2.75) is 13.8 Å². The summed E-state index contributed by atoms with van der Waals surface area (Å²) in [5.74, 6) is 0. The summed E-state index contributed by atoms with van der Waals surface area (Å²) in [6.07, 6.45) is 3.38. The Labute approximate surface area is 87.8 Å². The second kappa shape index (κ2) is 3.69. The zero-order valence-corrected chi connectivity index (χ0v) is 8.74. The maximum Gasteiger partial charge on any atom is 0.189 e. The van der Waals surface area contributed by atoms with Crippen LogP contribution in [0.3, 0.4) is 0 Å². The van der Waals surface area contributed by atoms with Crippen LogP contribution in [0.4, 0.5) is 0 Å². The Morgan fingerprint density at radius 1 is 1.20 bits per heavy atom. The van der Waals surface area contributed by atoms with E-state index >= 15 is 0 Å². The second-order valence-corrected chi connectivity index (χ2v) is 3.55. The molecule has 3 nitrogen and oxygen atoms in total. The number of nitrogens with one attached hydrogen (secondary N) is 1. The number of hydrogen-bond donors (Lipinski definition) is 1. The third-order valence-corrected chi connectivity index (χ3v) is 2.32. The third kappa shape index (κ3) is 1.81. The maximum atomic E-state index is 11.8. The molecule has 2 aromatic heterocycles. The molecule has 0 atom stereocenters. The molecule has 0 radical (unpaired) electrons. The van der Waals surface area contributed by atoms with Crippen molar-refractivity contribution in [3.05, 3.63) is 52.2 Å². The molecule has 15 heavy (non-hydrogen) atoms. The highest BCUT2D eigenvalue weighted by atomic mass is 16.1. The normalized spacial score (nSPS) is 10.3. The van der Waals surface area contributed by atoms with Gasteiger partial charge in [-0.25, -0.2) is 0 Å². The smallest absolute Gasteiger partial charge is 0.189 e. The van der Waals surface area contributed by atoms with Crippen LogP contribution in [0.2, 0.25) is 0 Å². The van der Waals surface area contributed by atoms with E-state index in [0.29, 0.717) is 0 Å². The summed E-state index contributed by atoms with van der Waals surface area (Å²) in [4.78, 5) is 18.9. The van der Waals surface area contributed by atoms with Gasteiger partial charge in [-0.15, -0.1) is 0 Å². The zero-order chi connectivity index (χ0) is 10.8. The van der Waals surface area contributed by atoms with Gasteiger partial charge in [0.1, 0.15) is 0 Å². The molecule has 0 bridgehead atoms. The molecule has 2 heterocycles. The topological polar surface area (TPSA) is 45.8 Å². The first kappa shape index (κ1) is 9.65. The SMILES string of the molecule is Cc1cc(=O)c(-c2ccncc2)c(C)[nH]1. The van der Waals surface area contributed by atoms with Gasteiger partial charge < -0.3 is 4.98 Å². The molecule has 76 valence electrons. The van der Waals surface area contributed by atoms with Gasteiger partial charge in [0.25, 0.3) is 0 Å². The van der Waals surface area contributed by atoms with Gasteiger partial charge in [0, 0.05) is 35.4 Å². The Hall–Kier alpha value is -1.90. The van der Waals surface area contributed by atoms with E-state index in [1.165, 1.54) is 0 Å². The summed E-state index contributed by atoms with van der Waals surface area (Å²) in [6, 6.07) is 5.29. The molecule has 0 saturated carbocycles. The van der Waals surface area contributed by atoms with Crippen molar-refractivity contribution in [3.63, 3.8) is 0 Å². The fourth-order valence-corrected chi connectivity index (χ4v) is 1.73. The predicted octanol–water partition coefficient (Wildman–Crippen LogP) is 2.05. The van der Waals surface area contributed by atoms with Gasteiger partial charge in [0.15, 0.2) is 5.43 Å². The summed E-state index contributed by atoms with van der Waals surface area (Å²) in [6.45, 7) is 3.79. The Bertz CT molecular complexity index is 529. The van der Waals surface area contributed by atoms with Crippen LogP contribution in [0.1, 0.15) is 11.4 Å². The van der Waals surface area contributed by atoms with E-state index in [-0.39, 0.29) is 5.43 Å². The van der Waals surface area contributed by atoms with Gasteiger partial charge in [0.2, 0.25) is 0 Å². The lowest BCUT2D eigenvalue weighted by Crippen LogP contribution is -2.08. The van der Waals surface area contributed by atoms with E-state index in [0.717, 1.165) is 22.5 Å². The minimum Gasteiger partial charge on any atom is -0.362 e. The number of nitrogens with zero attached hydrogens (tertiary/aromatic N) is 1. The van der Waals surface area contributed by atoms with E-state index in [4.69, 9.17) is 0 Å². The molecule has 0 spiro atoms. The number of hydrogen-bond acceptors (Lipinski definition) is 2. The molecule has 0 saturated heterocycles. The molecule has 0 aliphatic carbocycles. The van der Waals surface area contributed by atoms with Crippen LogP contribution in [-0.4, -0.2) is 9.97 Å². The van der Waals surface area contributed by atoms with E-state index in [1.54, 1.807) is 18.5 Å². The number of H-pyrrole nitrogens is 1. The zero-order valence-electron chi connectivity index (χ0n) is 8.74. The lowest BCUT2D eigenvalue weighted by Gasteiger charge is -2.05. The summed E-state index contributed by atoms with van der Waals surface area (Å²) in [5.41, 5.74) is 3.46. The Morgan fingerprint density at radius 2 is 1.87 bits per heavy atom. The van der Waals surface area contributed by atoms with Gasteiger partial charge in [-0.1, -0.05) is 0 Å². The first-order valence-electron chi connectivity index (χ1n) is 4.79. The summed E-state index contributed by atoms with van der Waals surface area (Å²) >= 11 is 0. The molecule has 3 heteroatoms. The van der Waals surface area contributed by atoms with Crippen molar-refractivity contribution < 1.29 is 0 Å². The molecule has 0 amide bonds. The third-order valence-electron chi connectivity index (χ3n) is 2.32. The predicted molar refractivity (Wildman–Crippen MR) is 59.8 cm³/mol. The van der Waals surface area contributed by atoms with Crippen molar-refractivity contribution in [2.24, 2.45) is 0 Å². The minimum absolute atomic E-state index is 0.0509. The van der Waals surface area contributed by atoms with Crippen LogP contribution in [0.25, 0.3) is 11.1 Å². The van der Waals surface area contributed by atoms with Crippen molar-refractivity contribution in [1.82, 2.24) is 9.97 Å². The van der Waals surface area contributed by atoms with Gasteiger partial charge in [-0.05, 0) is 31.5 Å². The fourth-order valence-electron chi connectivity index (χ4n) is 1.73. The molecule has 0 unspecified atom stereocenters. The molecule has 1 N–H and O–H groups in total. The van der Waals surface area contributed by atoms with Gasteiger partial charge in [-0.2, -0.15) is 0 Å². The highest BCUT2D eigenvalue weighted by Gasteiger charge is 2.06. The fraction of sp³-hybridized carbons (Fsp3) is 0.167. The van der Waals surface area contributed by atoms with Crippen molar-refractivity contribution >= 4 is 0 Å². The van der Waals surface area contributed by atoms with E-state index < -0.39 is 0 Å². The molecule has 2 aromatic rings. The van der Waals surface area contributed by atoms with Crippen LogP contribution in [0.15, 0.2) is 35.4 Å². The standard InChI is InChI=1S/C12H12N2O/c1-8-7-11(15)12(9(2)14-8)10-3-5-13-6-4-10/h3-7H,1-2H3,(H,14,15). The number of aromatic amines is 1. The average Bonchev–Trinajstić information content (AvgIpc) is 2.17. The molecule has 0 fully saturated rings. The minimum atomic E-state index is 0.0509. The van der Waals surface area contributed by atoms with Crippen molar-refractivity contribution in [2.75, 3.05) is 0 Å². The number of aromatic nitrogens is 2. The molecular weight excluding hydrogens is 188 g/mol. The molecule has 0 aliphatic rings.